The summed E-state index contributed by atoms with van der Waals surface area (Å²) >= 11 is 0. The van der Waals surface area contributed by atoms with Gasteiger partial charge < -0.3 is 10.6 Å². The van der Waals surface area contributed by atoms with Crippen molar-refractivity contribution in [3.8, 4) is 0 Å². The summed E-state index contributed by atoms with van der Waals surface area (Å²) in [5.41, 5.74) is 1.21. The Morgan fingerprint density at radius 1 is 1.39 bits per heavy atom. The minimum atomic E-state index is 0.0968. The molecule has 1 aliphatic rings. The molecule has 0 aliphatic carbocycles. The van der Waals surface area contributed by atoms with Crippen molar-refractivity contribution in [3.63, 3.8) is 0 Å². The van der Waals surface area contributed by atoms with E-state index in [1.54, 1.807) is 0 Å². The largest absolute Gasteiger partial charge is 0.326 e. The number of carbonyl (C=O) groups excluding carboxylic acids is 1. The van der Waals surface area contributed by atoms with Gasteiger partial charge >= 0.3 is 0 Å². The Hall–Kier alpha value is -1.39. The van der Waals surface area contributed by atoms with Crippen molar-refractivity contribution >= 4 is 11.6 Å². The molecule has 0 spiro atoms. The van der Waals surface area contributed by atoms with Crippen LogP contribution in [0.2, 0.25) is 0 Å². The van der Waals surface area contributed by atoms with Gasteiger partial charge in [0.2, 0.25) is 5.91 Å². The van der Waals surface area contributed by atoms with Crippen LogP contribution >= 0.6 is 0 Å². The van der Waals surface area contributed by atoms with Crippen LogP contribution in [0.15, 0.2) is 30.3 Å². The lowest BCUT2D eigenvalue weighted by Crippen LogP contribution is -2.44. The van der Waals surface area contributed by atoms with Crippen molar-refractivity contribution in [1.29, 1.82) is 0 Å². The number of para-hydroxylation sites is 1. The molecule has 0 aromatic heterocycles. The Balaban J connectivity index is 1.89. The van der Waals surface area contributed by atoms with E-state index in [1.165, 1.54) is 6.42 Å². The molecule has 1 amide bonds. The fourth-order valence-corrected chi connectivity index (χ4v) is 3.37. The highest BCUT2D eigenvalue weighted by molar-refractivity contribution is 5.90. The molecular formula is C19H31N3O. The third-order valence-electron chi connectivity index (χ3n) is 4.71. The zero-order valence-electron chi connectivity index (χ0n) is 14.8. The van der Waals surface area contributed by atoms with Crippen LogP contribution in [0, 0.1) is 5.41 Å². The summed E-state index contributed by atoms with van der Waals surface area (Å²) in [4.78, 5) is 14.8. The molecule has 1 saturated heterocycles. The standard InChI is InChI=1S/C19H31N3O/c1-4-12-22(15-19(3)10-11-20-14-19)16(2)13-18(23)21-17-8-6-5-7-9-17/h5-9,16,20H,4,10-15H2,1-3H3,(H,21,23). The Bertz CT molecular complexity index is 483. The second-order valence-electron chi connectivity index (χ2n) is 7.18. The molecule has 2 atom stereocenters. The summed E-state index contributed by atoms with van der Waals surface area (Å²) in [7, 11) is 0. The Morgan fingerprint density at radius 3 is 2.74 bits per heavy atom. The van der Waals surface area contributed by atoms with E-state index in [0.717, 1.165) is 38.3 Å². The second-order valence-corrected chi connectivity index (χ2v) is 7.18. The van der Waals surface area contributed by atoms with E-state index in [0.29, 0.717) is 11.8 Å². The second kappa shape index (κ2) is 8.46. The molecule has 1 heterocycles. The summed E-state index contributed by atoms with van der Waals surface area (Å²) in [5, 5.41) is 6.46. The van der Waals surface area contributed by atoms with Crippen LogP contribution in [0.4, 0.5) is 5.69 Å². The van der Waals surface area contributed by atoms with Crippen LogP contribution in [0.25, 0.3) is 0 Å². The minimum absolute atomic E-state index is 0.0968. The molecule has 2 N–H and O–H groups in total. The van der Waals surface area contributed by atoms with Crippen molar-refractivity contribution in [1.82, 2.24) is 10.2 Å². The molecule has 23 heavy (non-hydrogen) atoms. The van der Waals surface area contributed by atoms with Gasteiger partial charge in [0.1, 0.15) is 0 Å². The van der Waals surface area contributed by atoms with Crippen molar-refractivity contribution in [3.05, 3.63) is 30.3 Å². The Morgan fingerprint density at radius 2 is 2.13 bits per heavy atom. The highest BCUT2D eigenvalue weighted by Crippen LogP contribution is 2.27. The molecule has 2 unspecified atom stereocenters. The minimum Gasteiger partial charge on any atom is -0.326 e. The summed E-state index contributed by atoms with van der Waals surface area (Å²) < 4.78 is 0. The fourth-order valence-electron chi connectivity index (χ4n) is 3.37. The SMILES string of the molecule is CCCN(CC1(C)CCNC1)C(C)CC(=O)Nc1ccccc1. The van der Waals surface area contributed by atoms with E-state index >= 15 is 0 Å². The smallest absolute Gasteiger partial charge is 0.225 e. The average molecular weight is 317 g/mol. The van der Waals surface area contributed by atoms with Gasteiger partial charge in [0.15, 0.2) is 0 Å². The Labute approximate surface area is 140 Å². The molecular weight excluding hydrogens is 286 g/mol. The first-order valence-corrected chi connectivity index (χ1v) is 8.82. The molecule has 1 fully saturated rings. The molecule has 1 aromatic carbocycles. The third kappa shape index (κ3) is 5.63. The maximum atomic E-state index is 12.3. The lowest BCUT2D eigenvalue weighted by Gasteiger charge is -2.35. The molecule has 0 saturated carbocycles. The number of carbonyl (C=O) groups is 1. The molecule has 0 bridgehead atoms. The van der Waals surface area contributed by atoms with Crippen molar-refractivity contribution in [2.75, 3.05) is 31.5 Å². The normalized spacial score (nSPS) is 22.3. The summed E-state index contributed by atoms with van der Waals surface area (Å²) in [6.45, 7) is 11.0. The van der Waals surface area contributed by atoms with Gasteiger partial charge in [0.25, 0.3) is 0 Å². The van der Waals surface area contributed by atoms with Gasteiger partial charge in [-0.15, -0.1) is 0 Å². The van der Waals surface area contributed by atoms with Crippen LogP contribution in [-0.4, -0.2) is 43.0 Å². The first-order chi connectivity index (χ1) is 11.0. The van der Waals surface area contributed by atoms with Crippen LogP contribution in [0.5, 0.6) is 0 Å². The highest BCUT2D eigenvalue weighted by Gasteiger charge is 2.32. The number of nitrogens with one attached hydrogen (secondary N) is 2. The fraction of sp³-hybridized carbons (Fsp3) is 0.632. The number of amides is 1. The first kappa shape index (κ1) is 18.0. The molecule has 4 nitrogen and oxygen atoms in total. The van der Waals surface area contributed by atoms with Gasteiger partial charge in [0.05, 0.1) is 0 Å². The van der Waals surface area contributed by atoms with Crippen LogP contribution in [0.1, 0.15) is 40.0 Å². The van der Waals surface area contributed by atoms with E-state index in [2.05, 4.69) is 36.3 Å². The van der Waals surface area contributed by atoms with E-state index in [9.17, 15) is 4.79 Å². The number of rotatable bonds is 8. The van der Waals surface area contributed by atoms with Gasteiger partial charge in [0, 0.05) is 31.2 Å². The maximum Gasteiger partial charge on any atom is 0.225 e. The van der Waals surface area contributed by atoms with Crippen LogP contribution in [0.3, 0.4) is 0 Å². The van der Waals surface area contributed by atoms with Gasteiger partial charge in [-0.1, -0.05) is 32.0 Å². The summed E-state index contributed by atoms with van der Waals surface area (Å²) in [6, 6.07) is 9.95. The lowest BCUT2D eigenvalue weighted by atomic mass is 9.88. The summed E-state index contributed by atoms with van der Waals surface area (Å²) in [6.07, 6.45) is 2.88. The van der Waals surface area contributed by atoms with E-state index < -0.39 is 0 Å². The van der Waals surface area contributed by atoms with Gasteiger partial charge in [-0.25, -0.2) is 0 Å². The van der Waals surface area contributed by atoms with E-state index in [4.69, 9.17) is 0 Å². The van der Waals surface area contributed by atoms with Gasteiger partial charge in [-0.3, -0.25) is 9.69 Å². The zero-order valence-corrected chi connectivity index (χ0v) is 14.8. The quantitative estimate of drug-likeness (QED) is 0.774. The number of benzene rings is 1. The molecule has 4 heteroatoms. The van der Waals surface area contributed by atoms with Gasteiger partial charge in [-0.2, -0.15) is 0 Å². The van der Waals surface area contributed by atoms with Crippen molar-refractivity contribution in [2.45, 2.75) is 46.1 Å². The topological polar surface area (TPSA) is 44.4 Å². The summed E-state index contributed by atoms with van der Waals surface area (Å²) in [5.74, 6) is 0.0968. The predicted octanol–water partition coefficient (Wildman–Crippen LogP) is 3.12. The Kier molecular flexibility index (Phi) is 6.60. The maximum absolute atomic E-state index is 12.3. The molecule has 1 aromatic rings. The third-order valence-corrected chi connectivity index (χ3v) is 4.71. The first-order valence-electron chi connectivity index (χ1n) is 8.82. The molecule has 0 radical (unpaired) electrons. The molecule has 2 rings (SSSR count). The van der Waals surface area contributed by atoms with E-state index in [-0.39, 0.29) is 11.9 Å². The molecule has 1 aliphatic heterocycles. The van der Waals surface area contributed by atoms with Gasteiger partial charge in [-0.05, 0) is 50.4 Å². The van der Waals surface area contributed by atoms with Crippen LogP contribution < -0.4 is 10.6 Å². The monoisotopic (exact) mass is 317 g/mol. The zero-order chi connectivity index (χ0) is 16.7. The lowest BCUT2D eigenvalue weighted by molar-refractivity contribution is -0.117. The van der Waals surface area contributed by atoms with Crippen molar-refractivity contribution in [2.24, 2.45) is 5.41 Å². The number of hydrogen-bond donors (Lipinski definition) is 2. The average Bonchev–Trinajstić information content (AvgIpc) is 2.94. The number of hydrogen-bond acceptors (Lipinski definition) is 3. The van der Waals surface area contributed by atoms with Crippen LogP contribution in [-0.2, 0) is 4.79 Å². The number of anilines is 1. The highest BCUT2D eigenvalue weighted by atomic mass is 16.1. The molecule has 128 valence electrons. The van der Waals surface area contributed by atoms with E-state index in [1.807, 2.05) is 30.3 Å². The van der Waals surface area contributed by atoms with Crippen molar-refractivity contribution < 1.29 is 4.79 Å². The number of nitrogens with zero attached hydrogens (tertiary/aromatic N) is 1. The predicted molar refractivity (Wildman–Crippen MR) is 96.6 cm³/mol.